The molecule has 1 aliphatic rings. The van der Waals surface area contributed by atoms with Crippen molar-refractivity contribution in [2.45, 2.75) is 23.8 Å². The largest absolute Gasteiger partial charge is 0.381 e. The highest BCUT2D eigenvalue weighted by atomic mass is 32.2. The molecule has 1 aromatic rings. The quantitative estimate of drug-likeness (QED) is 0.838. The topological polar surface area (TPSA) is 70.4 Å². The van der Waals surface area contributed by atoms with Gasteiger partial charge in [-0.1, -0.05) is 6.07 Å². The minimum absolute atomic E-state index is 0.136. The molecule has 19 heavy (non-hydrogen) atoms. The Labute approximate surface area is 113 Å². The van der Waals surface area contributed by atoms with Crippen LogP contribution >= 0.6 is 0 Å². The number of sulfonamides is 1. The fraction of sp³-hybridized carbons (Fsp3) is 0.462. The van der Waals surface area contributed by atoms with Crippen molar-refractivity contribution in [1.82, 2.24) is 4.31 Å². The molecule has 1 saturated heterocycles. The minimum Gasteiger partial charge on any atom is -0.381 e. The molecule has 0 aromatic heterocycles. The lowest BCUT2D eigenvalue weighted by Gasteiger charge is -2.30. The van der Waals surface area contributed by atoms with Crippen molar-refractivity contribution in [1.29, 1.82) is 5.26 Å². The average Bonchev–Trinajstić information content (AvgIpc) is 2.47. The van der Waals surface area contributed by atoms with Gasteiger partial charge in [0, 0.05) is 20.2 Å². The Morgan fingerprint density at radius 1 is 1.37 bits per heavy atom. The predicted octanol–water partition coefficient (Wildman–Crippen LogP) is 1.36. The number of methoxy groups -OCH3 is 1. The minimum atomic E-state index is -3.50. The number of hydrogen-bond acceptors (Lipinski definition) is 4. The van der Waals surface area contributed by atoms with Crippen LogP contribution in [0.3, 0.4) is 0 Å². The van der Waals surface area contributed by atoms with Gasteiger partial charge in [-0.15, -0.1) is 0 Å². The third-order valence-corrected chi connectivity index (χ3v) is 5.23. The lowest BCUT2D eigenvalue weighted by Crippen LogP contribution is -2.40. The molecule has 5 nitrogen and oxygen atoms in total. The summed E-state index contributed by atoms with van der Waals surface area (Å²) in [5, 5.41) is 8.83. The molecule has 0 amide bonds. The lowest BCUT2D eigenvalue weighted by atomic mass is 10.1. The number of piperidine rings is 1. The second kappa shape index (κ2) is 5.70. The zero-order valence-electron chi connectivity index (χ0n) is 10.7. The first-order valence-electron chi connectivity index (χ1n) is 6.11. The standard InChI is InChI=1S/C13H16N2O3S/c1-18-12-5-7-15(8-6-12)19(16,17)13-4-2-3-11(9-13)10-14/h2-4,9,12H,5-8H2,1H3. The van der Waals surface area contributed by atoms with E-state index in [0.29, 0.717) is 31.5 Å². The van der Waals surface area contributed by atoms with Gasteiger partial charge in [0.15, 0.2) is 0 Å². The van der Waals surface area contributed by atoms with Crippen molar-refractivity contribution in [2.75, 3.05) is 20.2 Å². The Bertz CT molecular complexity index is 584. The molecule has 0 spiro atoms. The van der Waals surface area contributed by atoms with Gasteiger partial charge in [0.2, 0.25) is 10.0 Å². The lowest BCUT2D eigenvalue weighted by molar-refractivity contribution is 0.0604. The number of benzene rings is 1. The molecule has 0 N–H and O–H groups in total. The molecule has 0 unspecified atom stereocenters. The molecular formula is C13H16N2O3S. The summed E-state index contributed by atoms with van der Waals surface area (Å²) in [5.74, 6) is 0. The van der Waals surface area contributed by atoms with Crippen LogP contribution in [0.1, 0.15) is 18.4 Å². The highest BCUT2D eigenvalue weighted by Gasteiger charge is 2.29. The fourth-order valence-electron chi connectivity index (χ4n) is 2.18. The number of hydrogen-bond donors (Lipinski definition) is 0. The molecule has 6 heteroatoms. The molecule has 1 fully saturated rings. The zero-order chi connectivity index (χ0) is 13.9. The third kappa shape index (κ3) is 2.95. The van der Waals surface area contributed by atoms with Crippen LogP contribution in [-0.2, 0) is 14.8 Å². The molecule has 0 saturated carbocycles. The van der Waals surface area contributed by atoms with E-state index in [2.05, 4.69) is 0 Å². The molecule has 0 atom stereocenters. The highest BCUT2D eigenvalue weighted by Crippen LogP contribution is 2.22. The Hall–Kier alpha value is -1.42. The van der Waals surface area contributed by atoms with Crippen LogP contribution in [0.25, 0.3) is 0 Å². The van der Waals surface area contributed by atoms with Gasteiger partial charge < -0.3 is 4.74 Å². The Morgan fingerprint density at radius 2 is 2.05 bits per heavy atom. The summed E-state index contributed by atoms with van der Waals surface area (Å²) in [7, 11) is -1.86. The van der Waals surface area contributed by atoms with Crippen molar-refractivity contribution in [3.63, 3.8) is 0 Å². The molecule has 0 bridgehead atoms. The molecular weight excluding hydrogens is 264 g/mol. The van der Waals surface area contributed by atoms with Gasteiger partial charge in [-0.3, -0.25) is 0 Å². The van der Waals surface area contributed by atoms with Crippen LogP contribution in [0, 0.1) is 11.3 Å². The van der Waals surface area contributed by atoms with Crippen LogP contribution in [0.5, 0.6) is 0 Å². The Morgan fingerprint density at radius 3 is 2.63 bits per heavy atom. The molecule has 1 aromatic carbocycles. The van der Waals surface area contributed by atoms with Gasteiger partial charge in [-0.05, 0) is 31.0 Å². The van der Waals surface area contributed by atoms with Crippen LogP contribution < -0.4 is 0 Å². The normalized spacial score (nSPS) is 18.1. The summed E-state index contributed by atoms with van der Waals surface area (Å²) < 4.78 is 31.5. The van der Waals surface area contributed by atoms with Gasteiger partial charge in [0.1, 0.15) is 0 Å². The third-order valence-electron chi connectivity index (χ3n) is 3.34. The Kier molecular flexibility index (Phi) is 4.20. The summed E-state index contributed by atoms with van der Waals surface area (Å²) in [6.45, 7) is 0.912. The second-order valence-electron chi connectivity index (χ2n) is 4.48. The van der Waals surface area contributed by atoms with E-state index in [9.17, 15) is 8.42 Å². The predicted molar refractivity (Wildman–Crippen MR) is 69.9 cm³/mol. The molecule has 1 heterocycles. The first-order chi connectivity index (χ1) is 9.07. The summed E-state index contributed by atoms with van der Waals surface area (Å²) in [4.78, 5) is 0.183. The Balaban J connectivity index is 2.21. The molecule has 1 aliphatic heterocycles. The maximum Gasteiger partial charge on any atom is 0.243 e. The summed E-state index contributed by atoms with van der Waals surface area (Å²) in [5.41, 5.74) is 0.354. The van der Waals surface area contributed by atoms with Crippen LogP contribution in [-0.4, -0.2) is 39.0 Å². The maximum absolute atomic E-state index is 12.4. The maximum atomic E-state index is 12.4. The van der Waals surface area contributed by atoms with E-state index < -0.39 is 10.0 Å². The first-order valence-corrected chi connectivity index (χ1v) is 7.55. The van der Waals surface area contributed by atoms with Crippen LogP contribution in [0.15, 0.2) is 29.2 Å². The van der Waals surface area contributed by atoms with Crippen LogP contribution in [0.4, 0.5) is 0 Å². The van der Waals surface area contributed by atoms with Gasteiger partial charge in [0.25, 0.3) is 0 Å². The smallest absolute Gasteiger partial charge is 0.243 e. The number of ether oxygens (including phenoxy) is 1. The van der Waals surface area contributed by atoms with E-state index >= 15 is 0 Å². The zero-order valence-corrected chi connectivity index (χ0v) is 11.6. The number of rotatable bonds is 3. The second-order valence-corrected chi connectivity index (χ2v) is 6.42. The van der Waals surface area contributed by atoms with E-state index in [1.807, 2.05) is 6.07 Å². The van der Waals surface area contributed by atoms with Gasteiger partial charge in [-0.2, -0.15) is 9.57 Å². The van der Waals surface area contributed by atoms with Gasteiger partial charge >= 0.3 is 0 Å². The van der Waals surface area contributed by atoms with Crippen molar-refractivity contribution in [2.24, 2.45) is 0 Å². The monoisotopic (exact) mass is 280 g/mol. The molecule has 102 valence electrons. The van der Waals surface area contributed by atoms with Crippen molar-refractivity contribution in [3.8, 4) is 6.07 Å². The van der Waals surface area contributed by atoms with Crippen molar-refractivity contribution >= 4 is 10.0 Å². The van der Waals surface area contributed by atoms with E-state index in [1.165, 1.54) is 16.4 Å². The molecule has 0 radical (unpaired) electrons. The molecule has 0 aliphatic carbocycles. The summed E-state index contributed by atoms with van der Waals surface area (Å²) in [6, 6.07) is 8.08. The highest BCUT2D eigenvalue weighted by molar-refractivity contribution is 7.89. The van der Waals surface area contributed by atoms with E-state index in [0.717, 1.165) is 0 Å². The van der Waals surface area contributed by atoms with Crippen molar-refractivity contribution < 1.29 is 13.2 Å². The van der Waals surface area contributed by atoms with E-state index in [4.69, 9.17) is 10.00 Å². The first kappa shape index (κ1) is 14.0. The van der Waals surface area contributed by atoms with Crippen LogP contribution in [0.2, 0.25) is 0 Å². The van der Waals surface area contributed by atoms with E-state index in [1.54, 1.807) is 19.2 Å². The summed E-state index contributed by atoms with van der Waals surface area (Å²) in [6.07, 6.45) is 1.54. The fourth-order valence-corrected chi connectivity index (χ4v) is 3.70. The summed E-state index contributed by atoms with van der Waals surface area (Å²) >= 11 is 0. The molecule has 2 rings (SSSR count). The van der Waals surface area contributed by atoms with Crippen molar-refractivity contribution in [3.05, 3.63) is 29.8 Å². The number of nitriles is 1. The average molecular weight is 280 g/mol. The SMILES string of the molecule is COC1CCN(S(=O)(=O)c2cccc(C#N)c2)CC1. The van der Waals surface area contributed by atoms with Gasteiger partial charge in [0.05, 0.1) is 22.6 Å². The van der Waals surface area contributed by atoms with E-state index in [-0.39, 0.29) is 11.0 Å². The number of nitrogens with zero attached hydrogens (tertiary/aromatic N) is 2. The van der Waals surface area contributed by atoms with Gasteiger partial charge in [-0.25, -0.2) is 8.42 Å².